The molecule has 0 fully saturated rings. The second-order valence-electron chi connectivity index (χ2n) is 6.07. The van der Waals surface area contributed by atoms with Gasteiger partial charge in [-0.1, -0.05) is 38.1 Å². The Bertz CT molecular complexity index is 377. The molecule has 2 atom stereocenters. The average molecular weight is 292 g/mol. The van der Waals surface area contributed by atoms with Crippen LogP contribution in [-0.4, -0.2) is 44.8 Å². The second kappa shape index (κ2) is 9.93. The molecular weight excluding hydrogens is 260 g/mol. The lowest BCUT2D eigenvalue weighted by Crippen LogP contribution is -2.32. The van der Waals surface area contributed by atoms with Crippen LogP contribution in [-0.2, 0) is 11.3 Å². The van der Waals surface area contributed by atoms with Crippen molar-refractivity contribution in [2.45, 2.75) is 45.7 Å². The van der Waals surface area contributed by atoms with Crippen molar-refractivity contribution in [3.63, 3.8) is 0 Å². The lowest BCUT2D eigenvalue weighted by Gasteiger charge is -2.24. The smallest absolute Gasteiger partial charge is 0.0615 e. The van der Waals surface area contributed by atoms with Crippen molar-refractivity contribution in [1.29, 1.82) is 0 Å². The molecule has 0 aliphatic rings. The lowest BCUT2D eigenvalue weighted by molar-refractivity contribution is 0.112. The van der Waals surface area contributed by atoms with Gasteiger partial charge in [0.2, 0.25) is 0 Å². The summed E-state index contributed by atoms with van der Waals surface area (Å²) in [7, 11) is 3.90. The Morgan fingerprint density at radius 1 is 1.19 bits per heavy atom. The maximum Gasteiger partial charge on any atom is 0.0615 e. The maximum absolute atomic E-state index is 5.21. The molecule has 120 valence electrons. The van der Waals surface area contributed by atoms with Crippen molar-refractivity contribution < 1.29 is 4.74 Å². The van der Waals surface area contributed by atoms with E-state index in [1.165, 1.54) is 17.5 Å². The third-order valence-electron chi connectivity index (χ3n) is 4.02. The summed E-state index contributed by atoms with van der Waals surface area (Å²) >= 11 is 0. The van der Waals surface area contributed by atoms with Gasteiger partial charge in [0.25, 0.3) is 0 Å². The van der Waals surface area contributed by atoms with E-state index in [1.54, 1.807) is 7.11 Å². The van der Waals surface area contributed by atoms with Crippen LogP contribution in [0.2, 0.25) is 0 Å². The standard InChI is InChI=1S/C18H32N2O/c1-6-11-19-12-15(2)18-9-7-17(8-10-18)13-20(4)16(3)14-21-5/h7-10,15-16,19H,6,11-14H2,1-5H3. The summed E-state index contributed by atoms with van der Waals surface area (Å²) < 4.78 is 5.21. The summed E-state index contributed by atoms with van der Waals surface area (Å²) in [6, 6.07) is 9.47. The molecule has 1 aromatic carbocycles. The van der Waals surface area contributed by atoms with Crippen LogP contribution in [0.4, 0.5) is 0 Å². The Hall–Kier alpha value is -0.900. The quantitative estimate of drug-likeness (QED) is 0.670. The highest BCUT2D eigenvalue weighted by molar-refractivity contribution is 5.25. The predicted octanol–water partition coefficient (Wildman–Crippen LogP) is 3.26. The van der Waals surface area contributed by atoms with Gasteiger partial charge < -0.3 is 10.1 Å². The van der Waals surface area contributed by atoms with Crippen LogP contribution in [0.15, 0.2) is 24.3 Å². The van der Waals surface area contributed by atoms with E-state index in [-0.39, 0.29) is 0 Å². The second-order valence-corrected chi connectivity index (χ2v) is 6.07. The summed E-state index contributed by atoms with van der Waals surface area (Å²) in [5.41, 5.74) is 2.77. The Morgan fingerprint density at radius 2 is 1.86 bits per heavy atom. The molecular formula is C18H32N2O. The maximum atomic E-state index is 5.21. The number of hydrogen-bond donors (Lipinski definition) is 1. The van der Waals surface area contributed by atoms with Crippen molar-refractivity contribution in [2.75, 3.05) is 33.9 Å². The number of hydrogen-bond acceptors (Lipinski definition) is 3. The zero-order valence-electron chi connectivity index (χ0n) is 14.4. The van der Waals surface area contributed by atoms with Gasteiger partial charge in [0.15, 0.2) is 0 Å². The van der Waals surface area contributed by atoms with Crippen LogP contribution in [0.3, 0.4) is 0 Å². The van der Waals surface area contributed by atoms with E-state index < -0.39 is 0 Å². The molecule has 0 aliphatic carbocycles. The van der Waals surface area contributed by atoms with Crippen molar-refractivity contribution in [3.05, 3.63) is 35.4 Å². The number of methoxy groups -OCH3 is 1. The predicted molar refractivity (Wildman–Crippen MR) is 90.8 cm³/mol. The van der Waals surface area contributed by atoms with Gasteiger partial charge in [-0.3, -0.25) is 4.90 Å². The van der Waals surface area contributed by atoms with Crippen molar-refractivity contribution in [2.24, 2.45) is 0 Å². The minimum absolute atomic E-state index is 0.437. The van der Waals surface area contributed by atoms with Gasteiger partial charge in [-0.25, -0.2) is 0 Å². The highest BCUT2D eigenvalue weighted by atomic mass is 16.5. The summed E-state index contributed by atoms with van der Waals surface area (Å²) in [6.45, 7) is 10.6. The molecule has 2 unspecified atom stereocenters. The van der Waals surface area contributed by atoms with E-state index in [4.69, 9.17) is 4.74 Å². The number of nitrogens with zero attached hydrogens (tertiary/aromatic N) is 1. The van der Waals surface area contributed by atoms with E-state index in [0.29, 0.717) is 12.0 Å². The van der Waals surface area contributed by atoms with Gasteiger partial charge in [-0.05, 0) is 44.0 Å². The fourth-order valence-corrected chi connectivity index (χ4v) is 2.38. The molecule has 0 aromatic heterocycles. The van der Waals surface area contributed by atoms with E-state index in [0.717, 1.165) is 26.2 Å². The van der Waals surface area contributed by atoms with Gasteiger partial charge in [0.1, 0.15) is 0 Å². The monoisotopic (exact) mass is 292 g/mol. The molecule has 1 aromatic rings. The Morgan fingerprint density at radius 3 is 2.43 bits per heavy atom. The normalized spacial score (nSPS) is 14.4. The van der Waals surface area contributed by atoms with E-state index >= 15 is 0 Å². The van der Waals surface area contributed by atoms with Crippen LogP contribution in [0.1, 0.15) is 44.2 Å². The molecule has 0 amide bonds. The molecule has 0 radical (unpaired) electrons. The number of ether oxygens (including phenoxy) is 1. The topological polar surface area (TPSA) is 24.5 Å². The van der Waals surface area contributed by atoms with Gasteiger partial charge >= 0.3 is 0 Å². The Balaban J connectivity index is 2.49. The van der Waals surface area contributed by atoms with E-state index in [9.17, 15) is 0 Å². The highest BCUT2D eigenvalue weighted by Crippen LogP contribution is 2.16. The third kappa shape index (κ3) is 6.60. The Kier molecular flexibility index (Phi) is 8.58. The average Bonchev–Trinajstić information content (AvgIpc) is 2.48. The highest BCUT2D eigenvalue weighted by Gasteiger charge is 2.10. The van der Waals surface area contributed by atoms with Gasteiger partial charge in [0, 0.05) is 26.2 Å². The molecule has 3 nitrogen and oxygen atoms in total. The molecule has 1 rings (SSSR count). The van der Waals surface area contributed by atoms with Crippen molar-refractivity contribution in [3.8, 4) is 0 Å². The Labute approximate surface area is 130 Å². The molecule has 0 bridgehead atoms. The first-order valence-electron chi connectivity index (χ1n) is 8.07. The molecule has 21 heavy (non-hydrogen) atoms. The molecule has 0 saturated carbocycles. The molecule has 0 heterocycles. The zero-order valence-corrected chi connectivity index (χ0v) is 14.4. The number of rotatable bonds is 10. The van der Waals surface area contributed by atoms with Crippen LogP contribution < -0.4 is 5.32 Å². The largest absolute Gasteiger partial charge is 0.383 e. The third-order valence-corrected chi connectivity index (χ3v) is 4.02. The summed E-state index contributed by atoms with van der Waals surface area (Å²) in [4.78, 5) is 2.32. The minimum Gasteiger partial charge on any atom is -0.383 e. The number of likely N-dealkylation sites (N-methyl/N-ethyl adjacent to an activating group) is 1. The van der Waals surface area contributed by atoms with Crippen LogP contribution in [0.5, 0.6) is 0 Å². The summed E-state index contributed by atoms with van der Waals surface area (Å²) in [5.74, 6) is 0.566. The zero-order chi connectivity index (χ0) is 15.7. The first-order chi connectivity index (χ1) is 10.1. The molecule has 0 spiro atoms. The van der Waals surface area contributed by atoms with Gasteiger partial charge in [0.05, 0.1) is 6.61 Å². The lowest BCUT2D eigenvalue weighted by atomic mass is 9.99. The van der Waals surface area contributed by atoms with Crippen molar-refractivity contribution in [1.82, 2.24) is 10.2 Å². The molecule has 0 saturated heterocycles. The first-order valence-corrected chi connectivity index (χ1v) is 8.07. The first kappa shape index (κ1) is 18.1. The van der Waals surface area contributed by atoms with Gasteiger partial charge in [-0.15, -0.1) is 0 Å². The fourth-order valence-electron chi connectivity index (χ4n) is 2.38. The van der Waals surface area contributed by atoms with Crippen LogP contribution >= 0.6 is 0 Å². The summed E-state index contributed by atoms with van der Waals surface area (Å²) in [5, 5.41) is 3.49. The van der Waals surface area contributed by atoms with Crippen LogP contribution in [0.25, 0.3) is 0 Å². The summed E-state index contributed by atoms with van der Waals surface area (Å²) in [6.07, 6.45) is 1.19. The van der Waals surface area contributed by atoms with Crippen molar-refractivity contribution >= 4 is 0 Å². The van der Waals surface area contributed by atoms with Crippen LogP contribution in [0, 0.1) is 0 Å². The molecule has 1 N–H and O–H groups in total. The van der Waals surface area contributed by atoms with E-state index in [1.807, 2.05) is 0 Å². The molecule has 0 aliphatic heterocycles. The minimum atomic E-state index is 0.437. The SMILES string of the molecule is CCCNCC(C)c1ccc(CN(C)C(C)COC)cc1. The number of benzene rings is 1. The fraction of sp³-hybridized carbons (Fsp3) is 0.667. The number of nitrogens with one attached hydrogen (secondary N) is 1. The van der Waals surface area contributed by atoms with Gasteiger partial charge in [-0.2, -0.15) is 0 Å². The van der Waals surface area contributed by atoms with E-state index in [2.05, 4.69) is 62.3 Å². The molecule has 3 heteroatoms.